The molecule has 6 heterocycles. The third-order valence-electron chi connectivity index (χ3n) is 11.9. The number of nitrogen functional groups attached to an aromatic ring is 1. The van der Waals surface area contributed by atoms with E-state index in [-0.39, 0.29) is 17.7 Å². The number of nitrogens with one attached hydrogen (secondary N) is 3. The van der Waals surface area contributed by atoms with Crippen molar-refractivity contribution in [3.8, 4) is 22.5 Å². The molecule has 0 unspecified atom stereocenters. The first kappa shape index (κ1) is 38.0. The largest absolute Gasteiger partial charge is 0.383 e. The zero-order valence-corrected chi connectivity index (χ0v) is 34.2. The molecule has 0 radical (unpaired) electrons. The second-order valence-corrected chi connectivity index (χ2v) is 16.3. The molecule has 0 saturated heterocycles. The van der Waals surface area contributed by atoms with Crippen molar-refractivity contribution in [2.24, 2.45) is 25.9 Å². The van der Waals surface area contributed by atoms with E-state index in [0.717, 1.165) is 73.6 Å². The Kier molecular flexibility index (Phi) is 9.83. The lowest BCUT2D eigenvalue weighted by Crippen LogP contribution is -2.15. The molecule has 2 fully saturated rings. The highest BCUT2D eigenvalue weighted by molar-refractivity contribution is 5.99. The number of nitrogens with zero attached hydrogens (tertiary/aromatic N) is 8. The zero-order chi connectivity index (χ0) is 41.6. The van der Waals surface area contributed by atoms with Crippen LogP contribution in [0.2, 0.25) is 0 Å². The minimum absolute atomic E-state index is 0.0378. The van der Waals surface area contributed by atoms with Crippen LogP contribution >= 0.6 is 0 Å². The predicted molar refractivity (Wildman–Crippen MR) is 238 cm³/mol. The van der Waals surface area contributed by atoms with Gasteiger partial charge in [-0.2, -0.15) is 10.2 Å². The molecule has 2 aromatic carbocycles. The van der Waals surface area contributed by atoms with Gasteiger partial charge in [0.15, 0.2) is 0 Å². The number of amides is 1. The summed E-state index contributed by atoms with van der Waals surface area (Å²) < 4.78 is 9.61. The molecule has 306 valence electrons. The Labute approximate surface area is 352 Å². The van der Waals surface area contributed by atoms with E-state index in [1.807, 2.05) is 79.8 Å². The first-order valence-electron chi connectivity index (χ1n) is 20.6. The van der Waals surface area contributed by atoms with Crippen LogP contribution in [0, 0.1) is 18.8 Å². The van der Waals surface area contributed by atoms with E-state index in [4.69, 9.17) is 20.4 Å². The Balaban J connectivity index is 0.870. The summed E-state index contributed by atoms with van der Waals surface area (Å²) in [5, 5.41) is 22.0. The van der Waals surface area contributed by atoms with Crippen LogP contribution in [-0.2, 0) is 30.2 Å². The van der Waals surface area contributed by atoms with E-state index < -0.39 is 0 Å². The fourth-order valence-electron chi connectivity index (χ4n) is 8.37. The molecule has 0 bridgehead atoms. The zero-order valence-electron chi connectivity index (χ0n) is 34.2. The number of nitrogens with two attached hydrogens (primary N) is 1. The van der Waals surface area contributed by atoms with Crippen LogP contribution in [0.25, 0.3) is 44.1 Å². The molecular weight excluding hydrogens is 765 g/mol. The van der Waals surface area contributed by atoms with E-state index in [9.17, 15) is 4.79 Å². The number of ether oxygens (including phenoxy) is 1. The van der Waals surface area contributed by atoms with E-state index in [0.29, 0.717) is 55.0 Å². The topological polar surface area (TPSA) is 176 Å². The molecule has 8 aromatic rings. The highest BCUT2D eigenvalue weighted by atomic mass is 16.5. The molecule has 0 spiro atoms. The van der Waals surface area contributed by atoms with Crippen LogP contribution in [0.3, 0.4) is 0 Å². The van der Waals surface area contributed by atoms with E-state index >= 15 is 0 Å². The van der Waals surface area contributed by atoms with E-state index in [1.54, 1.807) is 17.1 Å². The molecule has 2 aliphatic rings. The smallest absolute Gasteiger partial charge is 0.229 e. The molecule has 6 aromatic heterocycles. The number of hydrogen-bond donors (Lipinski definition) is 4. The van der Waals surface area contributed by atoms with Gasteiger partial charge in [-0.3, -0.25) is 14.2 Å². The number of anilines is 4. The van der Waals surface area contributed by atoms with Crippen molar-refractivity contribution in [1.82, 2.24) is 39.5 Å². The molecule has 5 N–H and O–H groups in total. The summed E-state index contributed by atoms with van der Waals surface area (Å²) in [7, 11) is 3.83. The van der Waals surface area contributed by atoms with Crippen LogP contribution < -0.4 is 21.7 Å². The monoisotopic (exact) mass is 810 g/mol. The van der Waals surface area contributed by atoms with Gasteiger partial charge in [-0.05, 0) is 94.8 Å². The number of hydrogen-bond acceptors (Lipinski definition) is 11. The number of carbonyl (C=O) groups is 1. The van der Waals surface area contributed by atoms with Gasteiger partial charge in [0.1, 0.15) is 30.0 Å². The molecule has 2 aliphatic carbocycles. The summed E-state index contributed by atoms with van der Waals surface area (Å²) in [5.74, 6) is 3.34. The first-order valence-corrected chi connectivity index (χ1v) is 20.6. The lowest BCUT2D eigenvalue weighted by Gasteiger charge is -2.16. The van der Waals surface area contributed by atoms with Crippen molar-refractivity contribution in [2.75, 3.05) is 35.0 Å². The number of fused-ring (bicyclic) bond motifs is 2. The Bertz CT molecular complexity index is 2940. The normalized spacial score (nSPS) is 18.0. The van der Waals surface area contributed by atoms with Gasteiger partial charge in [-0.1, -0.05) is 48.5 Å². The molecular formula is C47H46N12O2. The minimum atomic E-state index is -0.106. The number of benzene rings is 2. The van der Waals surface area contributed by atoms with Crippen LogP contribution in [0.4, 0.5) is 23.3 Å². The lowest BCUT2D eigenvalue weighted by atomic mass is 10.0. The number of aromatic nitrogens is 8. The van der Waals surface area contributed by atoms with Crippen molar-refractivity contribution < 1.29 is 9.53 Å². The fraction of sp³-hybridized carbons (Fsp3) is 0.255. The van der Waals surface area contributed by atoms with Crippen molar-refractivity contribution in [3.63, 3.8) is 0 Å². The van der Waals surface area contributed by atoms with Gasteiger partial charge in [0.05, 0.1) is 30.4 Å². The maximum Gasteiger partial charge on any atom is 0.229 e. The summed E-state index contributed by atoms with van der Waals surface area (Å²) in [6, 6.07) is 24.4. The predicted octanol–water partition coefficient (Wildman–Crippen LogP) is 7.81. The van der Waals surface area contributed by atoms with Gasteiger partial charge in [0, 0.05) is 73.2 Å². The molecule has 14 heteroatoms. The van der Waals surface area contributed by atoms with Crippen LogP contribution in [0.5, 0.6) is 0 Å². The van der Waals surface area contributed by atoms with Crippen molar-refractivity contribution in [1.29, 1.82) is 0 Å². The maximum absolute atomic E-state index is 13.3. The summed E-state index contributed by atoms with van der Waals surface area (Å²) in [6.45, 7) is 3.56. The molecule has 0 aliphatic heterocycles. The Morgan fingerprint density at radius 2 is 1.44 bits per heavy atom. The van der Waals surface area contributed by atoms with E-state index in [2.05, 4.69) is 79.6 Å². The molecule has 10 rings (SSSR count). The van der Waals surface area contributed by atoms with Crippen molar-refractivity contribution in [3.05, 3.63) is 132 Å². The molecule has 14 nitrogen and oxygen atoms in total. The third-order valence-corrected chi connectivity index (χ3v) is 11.9. The highest BCUT2D eigenvalue weighted by Gasteiger charge is 2.44. The second-order valence-electron chi connectivity index (χ2n) is 16.3. The summed E-state index contributed by atoms with van der Waals surface area (Å²) in [5.41, 5.74) is 14.6. The maximum atomic E-state index is 13.3. The van der Waals surface area contributed by atoms with Crippen LogP contribution in [0.1, 0.15) is 46.9 Å². The van der Waals surface area contributed by atoms with Gasteiger partial charge >= 0.3 is 0 Å². The average Bonchev–Trinajstić information content (AvgIpc) is 4.15. The molecule has 4 atom stereocenters. The van der Waals surface area contributed by atoms with Gasteiger partial charge in [0.25, 0.3) is 0 Å². The van der Waals surface area contributed by atoms with Crippen LogP contribution in [-0.4, -0.2) is 58.7 Å². The number of pyridine rings is 4. The Morgan fingerprint density at radius 3 is 2.21 bits per heavy atom. The van der Waals surface area contributed by atoms with Gasteiger partial charge in [0.2, 0.25) is 5.91 Å². The second kappa shape index (κ2) is 15.8. The fourth-order valence-corrected chi connectivity index (χ4v) is 8.37. The first-order chi connectivity index (χ1) is 29.7. The molecule has 1 amide bonds. The average molecular weight is 811 g/mol. The lowest BCUT2D eigenvalue weighted by molar-refractivity contribution is -0.117. The summed E-state index contributed by atoms with van der Waals surface area (Å²) in [4.78, 5) is 32.6. The van der Waals surface area contributed by atoms with Crippen molar-refractivity contribution in [2.45, 2.75) is 38.1 Å². The quantitative estimate of drug-likeness (QED) is 0.0623. The van der Waals surface area contributed by atoms with E-state index in [1.165, 1.54) is 5.56 Å². The summed E-state index contributed by atoms with van der Waals surface area (Å²) in [6.07, 6.45) is 13.3. The van der Waals surface area contributed by atoms with Crippen LogP contribution in [0.15, 0.2) is 110 Å². The van der Waals surface area contributed by atoms with Gasteiger partial charge in [-0.25, -0.2) is 19.9 Å². The standard InChI is InChI=1S/C47H46N12O2/c1-27-8-4-6-10-34(27)41-14-30-16-44(57-47(60)38-17-37(38)33-20-54-59(3)24-33)50-22-40(30)46(56-41)51-18-28-9-5-7-11-35(28)42-13-29-15-43(49-21-39(29)45(48)55-42)52-26-61-25-31-12-36(31)32-19-53-58(2)23-32/h4-11,13-16,19-24,31,36-38H,12,17-18,25-26H2,1-3H3,(H2,48,55)(H,49,52)(H,51,56)(H,50,57,60)/t31-,36+,37+,38-/m0/s1. The van der Waals surface area contributed by atoms with Crippen molar-refractivity contribution >= 4 is 50.7 Å². The molecule has 2 saturated carbocycles. The number of rotatable bonds is 14. The van der Waals surface area contributed by atoms with Gasteiger partial charge in [-0.15, -0.1) is 0 Å². The third kappa shape index (κ3) is 7.97. The minimum Gasteiger partial charge on any atom is -0.383 e. The summed E-state index contributed by atoms with van der Waals surface area (Å²) >= 11 is 0. The number of carbonyl (C=O) groups excluding carboxylic acids is 1. The highest BCUT2D eigenvalue weighted by Crippen LogP contribution is 2.48. The van der Waals surface area contributed by atoms with Gasteiger partial charge < -0.3 is 26.4 Å². The Hall–Kier alpha value is -7.19. The molecule has 61 heavy (non-hydrogen) atoms. The SMILES string of the molecule is Cc1ccccc1-c1cc2cc(NC(=O)[C@H]3C[C@@H]3c3cnn(C)c3)ncc2c(NCc2ccccc2-c2cc3cc(NCOC[C@@H]4C[C@H]4c4cnn(C)c4)ncc3c(N)n2)n1. The Morgan fingerprint density at radius 1 is 0.770 bits per heavy atom. The number of aryl methyl sites for hydroxylation is 3.